The van der Waals surface area contributed by atoms with Gasteiger partial charge in [0.2, 0.25) is 0 Å². The summed E-state index contributed by atoms with van der Waals surface area (Å²) in [7, 11) is 1.87. The van der Waals surface area contributed by atoms with E-state index in [-0.39, 0.29) is 0 Å². The predicted molar refractivity (Wildman–Crippen MR) is 67.0 cm³/mol. The van der Waals surface area contributed by atoms with Crippen molar-refractivity contribution in [2.24, 2.45) is 7.05 Å². The molecule has 1 N–H and O–H groups in total. The number of benzene rings is 1. The highest BCUT2D eigenvalue weighted by molar-refractivity contribution is 6.42. The first-order chi connectivity index (χ1) is 7.66. The van der Waals surface area contributed by atoms with Crippen LogP contribution in [0.25, 0.3) is 0 Å². The van der Waals surface area contributed by atoms with Crippen molar-refractivity contribution >= 4 is 29.0 Å². The van der Waals surface area contributed by atoms with Crippen molar-refractivity contribution in [3.63, 3.8) is 0 Å². The molecule has 0 saturated heterocycles. The van der Waals surface area contributed by atoms with Gasteiger partial charge in [-0.05, 0) is 11.6 Å². The molecular weight excluding hydrogens is 245 g/mol. The molecule has 0 aliphatic heterocycles. The number of hydrogen-bond donors (Lipinski definition) is 1. The van der Waals surface area contributed by atoms with E-state index in [2.05, 4.69) is 10.4 Å². The number of rotatable bonds is 3. The van der Waals surface area contributed by atoms with Gasteiger partial charge in [0.15, 0.2) is 0 Å². The van der Waals surface area contributed by atoms with Crippen molar-refractivity contribution in [1.29, 1.82) is 0 Å². The second kappa shape index (κ2) is 4.76. The summed E-state index contributed by atoms with van der Waals surface area (Å²) in [6.45, 7) is 0.608. The number of hydrogen-bond acceptors (Lipinski definition) is 2. The second-order valence-electron chi connectivity index (χ2n) is 3.44. The summed E-state index contributed by atoms with van der Waals surface area (Å²) in [4.78, 5) is 0. The lowest BCUT2D eigenvalue weighted by Crippen LogP contribution is -2.01. The second-order valence-corrected chi connectivity index (χ2v) is 4.23. The molecule has 0 atom stereocenters. The summed E-state index contributed by atoms with van der Waals surface area (Å²) in [5, 5.41) is 8.54. The van der Waals surface area contributed by atoms with Gasteiger partial charge >= 0.3 is 0 Å². The average Bonchev–Trinajstić information content (AvgIpc) is 2.67. The van der Waals surface area contributed by atoms with Crippen LogP contribution in [0.4, 0.5) is 5.82 Å². The smallest absolute Gasteiger partial charge is 0.148 e. The van der Waals surface area contributed by atoms with Crippen LogP contribution in [0, 0.1) is 0 Å². The Morgan fingerprint density at radius 1 is 1.31 bits per heavy atom. The first-order valence-corrected chi connectivity index (χ1v) is 5.59. The van der Waals surface area contributed by atoms with Gasteiger partial charge in [-0.1, -0.05) is 35.3 Å². The summed E-state index contributed by atoms with van der Waals surface area (Å²) in [5.41, 5.74) is 0.958. The Bertz CT molecular complexity index is 494. The molecule has 0 bridgehead atoms. The molecule has 5 heteroatoms. The Morgan fingerprint density at radius 3 is 2.81 bits per heavy atom. The fourth-order valence-corrected chi connectivity index (χ4v) is 1.77. The highest BCUT2D eigenvalue weighted by Crippen LogP contribution is 2.25. The molecule has 0 aliphatic rings. The number of aryl methyl sites for hydroxylation is 1. The van der Waals surface area contributed by atoms with E-state index in [1.165, 1.54) is 0 Å². The largest absolute Gasteiger partial charge is 0.364 e. The van der Waals surface area contributed by atoms with Gasteiger partial charge in [0.25, 0.3) is 0 Å². The molecule has 0 amide bonds. The van der Waals surface area contributed by atoms with Crippen LogP contribution in [0.2, 0.25) is 10.0 Å². The number of nitrogens with zero attached hydrogens (tertiary/aromatic N) is 2. The van der Waals surface area contributed by atoms with Gasteiger partial charge in [-0.2, -0.15) is 5.10 Å². The van der Waals surface area contributed by atoms with E-state index in [1.54, 1.807) is 10.7 Å². The predicted octanol–water partition coefficient (Wildman–Crippen LogP) is 3.34. The Labute approximate surface area is 104 Å². The minimum atomic E-state index is 0.571. The third-order valence-corrected chi connectivity index (χ3v) is 3.06. The van der Waals surface area contributed by atoms with Crippen molar-refractivity contribution < 1.29 is 0 Å². The normalized spacial score (nSPS) is 10.4. The molecular formula is C11H11Cl2N3. The minimum absolute atomic E-state index is 0.571. The SMILES string of the molecule is Cn1ccc(NCc2cccc(Cl)c2Cl)n1. The highest BCUT2D eigenvalue weighted by Gasteiger charge is 2.04. The highest BCUT2D eigenvalue weighted by atomic mass is 35.5. The molecule has 0 fully saturated rings. The summed E-state index contributed by atoms with van der Waals surface area (Å²) in [5.74, 6) is 0.818. The van der Waals surface area contributed by atoms with Gasteiger partial charge < -0.3 is 5.32 Å². The molecule has 0 saturated carbocycles. The summed E-state index contributed by atoms with van der Waals surface area (Å²) in [6.07, 6.45) is 1.88. The van der Waals surface area contributed by atoms with E-state index in [0.29, 0.717) is 16.6 Å². The lowest BCUT2D eigenvalue weighted by molar-refractivity contribution is 0.768. The summed E-state index contributed by atoms with van der Waals surface area (Å²) in [6, 6.07) is 7.49. The van der Waals surface area contributed by atoms with Crippen LogP contribution in [0.15, 0.2) is 30.5 Å². The third-order valence-electron chi connectivity index (χ3n) is 2.21. The van der Waals surface area contributed by atoms with Crippen LogP contribution in [-0.4, -0.2) is 9.78 Å². The fraction of sp³-hybridized carbons (Fsp3) is 0.182. The van der Waals surface area contributed by atoms with Crippen molar-refractivity contribution in [2.45, 2.75) is 6.54 Å². The molecule has 0 unspecified atom stereocenters. The molecule has 2 aromatic rings. The molecule has 0 spiro atoms. The molecule has 0 radical (unpaired) electrons. The van der Waals surface area contributed by atoms with Crippen LogP contribution >= 0.6 is 23.2 Å². The minimum Gasteiger partial charge on any atom is -0.364 e. The zero-order valence-electron chi connectivity index (χ0n) is 8.74. The first kappa shape index (κ1) is 11.3. The standard InChI is InChI=1S/C11H11Cl2N3/c1-16-6-5-10(15-16)14-7-8-3-2-4-9(12)11(8)13/h2-6H,7H2,1H3,(H,14,15). The molecule has 3 nitrogen and oxygen atoms in total. The van der Waals surface area contributed by atoms with Gasteiger partial charge in [0.05, 0.1) is 10.0 Å². The van der Waals surface area contributed by atoms with Crippen LogP contribution in [-0.2, 0) is 13.6 Å². The number of nitrogens with one attached hydrogen (secondary N) is 1. The topological polar surface area (TPSA) is 29.9 Å². The molecule has 0 aliphatic carbocycles. The number of halogens is 2. The molecule has 1 aromatic carbocycles. The molecule has 1 aromatic heterocycles. The van der Waals surface area contributed by atoms with Crippen LogP contribution in [0.1, 0.15) is 5.56 Å². The van der Waals surface area contributed by atoms with Crippen LogP contribution < -0.4 is 5.32 Å². The molecule has 1 heterocycles. The maximum atomic E-state index is 6.07. The molecule has 16 heavy (non-hydrogen) atoms. The number of anilines is 1. The maximum absolute atomic E-state index is 6.07. The van der Waals surface area contributed by atoms with E-state index in [4.69, 9.17) is 23.2 Å². The van der Waals surface area contributed by atoms with Gasteiger partial charge in [0, 0.05) is 25.9 Å². The lowest BCUT2D eigenvalue weighted by Gasteiger charge is -2.06. The Hall–Kier alpha value is -1.19. The molecule has 84 valence electrons. The Balaban J connectivity index is 2.07. The summed E-state index contributed by atoms with van der Waals surface area (Å²) >= 11 is 12.0. The zero-order valence-corrected chi connectivity index (χ0v) is 10.3. The van der Waals surface area contributed by atoms with E-state index in [9.17, 15) is 0 Å². The number of aromatic nitrogens is 2. The molecule has 2 rings (SSSR count). The van der Waals surface area contributed by atoms with Gasteiger partial charge in [-0.3, -0.25) is 4.68 Å². The van der Waals surface area contributed by atoms with E-state index >= 15 is 0 Å². The van der Waals surface area contributed by atoms with Gasteiger partial charge in [-0.15, -0.1) is 0 Å². The Morgan fingerprint density at radius 2 is 2.12 bits per heavy atom. The van der Waals surface area contributed by atoms with Gasteiger partial charge in [-0.25, -0.2) is 0 Å². The maximum Gasteiger partial charge on any atom is 0.148 e. The van der Waals surface area contributed by atoms with E-state index < -0.39 is 0 Å². The monoisotopic (exact) mass is 255 g/mol. The van der Waals surface area contributed by atoms with Crippen molar-refractivity contribution in [3.8, 4) is 0 Å². The van der Waals surface area contributed by atoms with Crippen molar-refractivity contribution in [2.75, 3.05) is 5.32 Å². The van der Waals surface area contributed by atoms with Crippen LogP contribution in [0.5, 0.6) is 0 Å². The fourth-order valence-electron chi connectivity index (χ4n) is 1.38. The Kier molecular flexibility index (Phi) is 3.36. The lowest BCUT2D eigenvalue weighted by atomic mass is 10.2. The van der Waals surface area contributed by atoms with Crippen molar-refractivity contribution in [3.05, 3.63) is 46.1 Å². The van der Waals surface area contributed by atoms with Crippen molar-refractivity contribution in [1.82, 2.24) is 9.78 Å². The van der Waals surface area contributed by atoms with Gasteiger partial charge in [0.1, 0.15) is 5.82 Å². The van der Waals surface area contributed by atoms with E-state index in [0.717, 1.165) is 11.4 Å². The zero-order chi connectivity index (χ0) is 11.5. The van der Waals surface area contributed by atoms with E-state index in [1.807, 2.05) is 31.4 Å². The quantitative estimate of drug-likeness (QED) is 0.912. The first-order valence-electron chi connectivity index (χ1n) is 4.83. The third kappa shape index (κ3) is 2.49. The average molecular weight is 256 g/mol. The summed E-state index contributed by atoms with van der Waals surface area (Å²) < 4.78 is 1.74. The van der Waals surface area contributed by atoms with Crippen LogP contribution in [0.3, 0.4) is 0 Å².